The minimum atomic E-state index is -3.82. The number of nitrogens with one attached hydrogen (secondary N) is 1. The predicted molar refractivity (Wildman–Crippen MR) is 77.3 cm³/mol. The van der Waals surface area contributed by atoms with E-state index in [0.717, 1.165) is 0 Å². The van der Waals surface area contributed by atoms with Crippen molar-refractivity contribution in [3.8, 4) is 0 Å². The Morgan fingerprint density at radius 3 is 2.60 bits per heavy atom. The molecule has 1 heterocycles. The topological polar surface area (TPSA) is 88.4 Å². The Labute approximate surface area is 124 Å². The fraction of sp³-hybridized carbons (Fsp3) is 0.0833. The summed E-state index contributed by atoms with van der Waals surface area (Å²) < 4.78 is 28.8. The molecule has 0 fully saturated rings. The van der Waals surface area contributed by atoms with Crippen LogP contribution in [0.25, 0.3) is 0 Å². The zero-order valence-electron chi connectivity index (χ0n) is 10.4. The Balaban J connectivity index is 2.44. The van der Waals surface area contributed by atoms with Gasteiger partial charge in [-0.2, -0.15) is 0 Å². The maximum Gasteiger partial charge on any atom is 0.337 e. The maximum absolute atomic E-state index is 12.2. The minimum absolute atomic E-state index is 0.00993. The van der Waals surface area contributed by atoms with Crippen molar-refractivity contribution in [2.24, 2.45) is 7.05 Å². The number of carbonyl (C=O) groups is 1. The standard InChI is InChI=1S/C12H11BrN2O4S/c1-15-5-4-9(7-15)20(18,19)14-11-6-8(13)2-3-10(11)12(16)17/h2-7,14H,1H3,(H,16,17). The van der Waals surface area contributed by atoms with Gasteiger partial charge in [0.25, 0.3) is 10.0 Å². The lowest BCUT2D eigenvalue weighted by molar-refractivity contribution is 0.0698. The molecule has 1 aromatic heterocycles. The Hall–Kier alpha value is -1.80. The molecule has 8 heteroatoms. The fourth-order valence-electron chi connectivity index (χ4n) is 1.63. The highest BCUT2D eigenvalue weighted by molar-refractivity contribution is 9.10. The molecule has 0 aliphatic heterocycles. The fourth-order valence-corrected chi connectivity index (χ4v) is 3.11. The van der Waals surface area contributed by atoms with Gasteiger partial charge >= 0.3 is 5.97 Å². The van der Waals surface area contributed by atoms with Crippen LogP contribution in [0, 0.1) is 0 Å². The first-order valence-corrected chi connectivity index (χ1v) is 7.75. The van der Waals surface area contributed by atoms with E-state index in [1.165, 1.54) is 30.5 Å². The largest absolute Gasteiger partial charge is 0.478 e. The van der Waals surface area contributed by atoms with Crippen LogP contribution in [-0.2, 0) is 17.1 Å². The minimum Gasteiger partial charge on any atom is -0.478 e. The molecule has 106 valence electrons. The Bertz CT molecular complexity index is 768. The quantitative estimate of drug-likeness (QED) is 0.877. The van der Waals surface area contributed by atoms with Crippen LogP contribution in [0.4, 0.5) is 5.69 Å². The summed E-state index contributed by atoms with van der Waals surface area (Å²) in [5, 5.41) is 9.07. The number of carboxylic acids is 1. The van der Waals surface area contributed by atoms with Gasteiger partial charge in [-0.15, -0.1) is 0 Å². The number of carboxylic acid groups (broad SMARTS) is 1. The van der Waals surface area contributed by atoms with Crippen molar-refractivity contribution < 1.29 is 18.3 Å². The second-order valence-corrected chi connectivity index (χ2v) is 6.71. The van der Waals surface area contributed by atoms with Crippen molar-refractivity contribution in [2.75, 3.05) is 4.72 Å². The number of aromatic carboxylic acids is 1. The number of nitrogens with zero attached hydrogens (tertiary/aromatic N) is 1. The summed E-state index contributed by atoms with van der Waals surface area (Å²) in [7, 11) is -2.13. The molecule has 1 aromatic carbocycles. The molecule has 20 heavy (non-hydrogen) atoms. The van der Waals surface area contributed by atoms with Crippen molar-refractivity contribution in [1.82, 2.24) is 4.57 Å². The SMILES string of the molecule is Cn1ccc(S(=O)(=O)Nc2cc(Br)ccc2C(=O)O)c1. The third-order valence-electron chi connectivity index (χ3n) is 2.57. The summed E-state index contributed by atoms with van der Waals surface area (Å²) >= 11 is 3.18. The van der Waals surface area contributed by atoms with Gasteiger partial charge in [0.2, 0.25) is 0 Å². The van der Waals surface area contributed by atoms with Gasteiger partial charge in [0, 0.05) is 23.9 Å². The number of benzene rings is 1. The summed E-state index contributed by atoms with van der Waals surface area (Å²) in [6.45, 7) is 0. The van der Waals surface area contributed by atoms with E-state index < -0.39 is 16.0 Å². The molecule has 0 atom stereocenters. The van der Waals surface area contributed by atoms with E-state index in [1.54, 1.807) is 17.8 Å². The van der Waals surface area contributed by atoms with E-state index in [-0.39, 0.29) is 16.1 Å². The molecular weight excluding hydrogens is 348 g/mol. The molecule has 0 amide bonds. The lowest BCUT2D eigenvalue weighted by atomic mass is 10.2. The van der Waals surface area contributed by atoms with Crippen molar-refractivity contribution in [1.29, 1.82) is 0 Å². The molecule has 0 saturated heterocycles. The van der Waals surface area contributed by atoms with Gasteiger partial charge < -0.3 is 9.67 Å². The lowest BCUT2D eigenvalue weighted by Crippen LogP contribution is -2.15. The summed E-state index contributed by atoms with van der Waals surface area (Å²) in [5.74, 6) is -1.21. The van der Waals surface area contributed by atoms with Crippen LogP contribution >= 0.6 is 15.9 Å². The average molecular weight is 359 g/mol. The van der Waals surface area contributed by atoms with Crippen LogP contribution in [0.1, 0.15) is 10.4 Å². The number of rotatable bonds is 4. The molecule has 0 aliphatic carbocycles. The Morgan fingerprint density at radius 1 is 1.35 bits per heavy atom. The van der Waals surface area contributed by atoms with Gasteiger partial charge in [-0.25, -0.2) is 13.2 Å². The number of aromatic nitrogens is 1. The first-order chi connectivity index (χ1) is 9.29. The number of aryl methyl sites for hydroxylation is 1. The van der Waals surface area contributed by atoms with Crippen LogP contribution in [0.5, 0.6) is 0 Å². The number of halogens is 1. The van der Waals surface area contributed by atoms with E-state index >= 15 is 0 Å². The molecule has 0 aliphatic rings. The summed E-state index contributed by atoms with van der Waals surface area (Å²) in [6, 6.07) is 5.70. The molecule has 2 rings (SSSR count). The molecule has 0 bridgehead atoms. The number of sulfonamides is 1. The average Bonchev–Trinajstić information content (AvgIpc) is 2.75. The molecule has 0 unspecified atom stereocenters. The van der Waals surface area contributed by atoms with Crippen molar-refractivity contribution >= 4 is 37.6 Å². The molecule has 0 spiro atoms. The van der Waals surface area contributed by atoms with Crippen molar-refractivity contribution in [2.45, 2.75) is 4.90 Å². The van der Waals surface area contributed by atoms with E-state index in [9.17, 15) is 13.2 Å². The monoisotopic (exact) mass is 358 g/mol. The second-order valence-electron chi connectivity index (χ2n) is 4.11. The smallest absolute Gasteiger partial charge is 0.337 e. The first kappa shape index (κ1) is 14.6. The van der Waals surface area contributed by atoms with Gasteiger partial charge in [0.05, 0.1) is 11.3 Å². The third-order valence-corrected chi connectivity index (χ3v) is 4.42. The molecule has 2 N–H and O–H groups in total. The zero-order valence-corrected chi connectivity index (χ0v) is 12.8. The molecule has 0 radical (unpaired) electrons. The van der Waals surface area contributed by atoms with E-state index in [1.807, 2.05) is 0 Å². The summed E-state index contributed by atoms with van der Waals surface area (Å²) in [5.41, 5.74) is -0.108. The van der Waals surface area contributed by atoms with E-state index in [2.05, 4.69) is 20.7 Å². The molecular formula is C12H11BrN2O4S. The van der Waals surface area contributed by atoms with Gasteiger partial charge in [-0.05, 0) is 24.3 Å². The van der Waals surface area contributed by atoms with Crippen LogP contribution in [0.15, 0.2) is 46.0 Å². The van der Waals surface area contributed by atoms with Crippen LogP contribution in [-0.4, -0.2) is 24.1 Å². The highest BCUT2D eigenvalue weighted by Crippen LogP contribution is 2.24. The van der Waals surface area contributed by atoms with Crippen LogP contribution in [0.2, 0.25) is 0 Å². The maximum atomic E-state index is 12.2. The lowest BCUT2D eigenvalue weighted by Gasteiger charge is -2.10. The van der Waals surface area contributed by atoms with Gasteiger partial charge in [0.15, 0.2) is 0 Å². The van der Waals surface area contributed by atoms with Crippen molar-refractivity contribution in [3.63, 3.8) is 0 Å². The van der Waals surface area contributed by atoms with E-state index in [0.29, 0.717) is 4.47 Å². The summed E-state index contributed by atoms with van der Waals surface area (Å²) in [6.07, 6.45) is 3.02. The van der Waals surface area contributed by atoms with Gasteiger partial charge in [-0.1, -0.05) is 15.9 Å². The highest BCUT2D eigenvalue weighted by atomic mass is 79.9. The van der Waals surface area contributed by atoms with Crippen molar-refractivity contribution in [3.05, 3.63) is 46.7 Å². The molecule has 6 nitrogen and oxygen atoms in total. The molecule has 0 saturated carbocycles. The molecule has 2 aromatic rings. The van der Waals surface area contributed by atoms with Gasteiger partial charge in [-0.3, -0.25) is 4.72 Å². The summed E-state index contributed by atoms with van der Waals surface area (Å²) in [4.78, 5) is 11.2. The number of anilines is 1. The van der Waals surface area contributed by atoms with Crippen LogP contribution in [0.3, 0.4) is 0 Å². The highest BCUT2D eigenvalue weighted by Gasteiger charge is 2.19. The first-order valence-electron chi connectivity index (χ1n) is 5.47. The number of hydrogen-bond acceptors (Lipinski definition) is 3. The van der Waals surface area contributed by atoms with Gasteiger partial charge in [0.1, 0.15) is 4.90 Å². The second kappa shape index (κ2) is 5.29. The predicted octanol–water partition coefficient (Wildman–Crippen LogP) is 2.29. The third kappa shape index (κ3) is 3.02. The van der Waals surface area contributed by atoms with Crippen LogP contribution < -0.4 is 4.72 Å². The Morgan fingerprint density at radius 2 is 2.05 bits per heavy atom. The zero-order chi connectivity index (χ0) is 14.9. The Kier molecular flexibility index (Phi) is 3.87. The normalized spacial score (nSPS) is 11.3. The van der Waals surface area contributed by atoms with E-state index in [4.69, 9.17) is 5.11 Å². The number of hydrogen-bond donors (Lipinski definition) is 2.